The quantitative estimate of drug-likeness (QED) is 0.594. The van der Waals surface area contributed by atoms with Crippen LogP contribution in [0.2, 0.25) is 5.02 Å². The van der Waals surface area contributed by atoms with Crippen molar-refractivity contribution in [3.05, 3.63) is 34.6 Å². The van der Waals surface area contributed by atoms with Crippen LogP contribution in [0.25, 0.3) is 0 Å². The lowest BCUT2D eigenvalue weighted by Crippen LogP contribution is -2.25. The number of halogens is 2. The molecule has 0 unspecified atom stereocenters. The fraction of sp³-hybridized carbons (Fsp3) is 0.364. The molecule has 0 spiro atoms. The van der Waals surface area contributed by atoms with Crippen molar-refractivity contribution in [2.24, 2.45) is 4.40 Å². The van der Waals surface area contributed by atoms with Crippen LogP contribution in [0.15, 0.2) is 22.6 Å². The Morgan fingerprint density at radius 1 is 1.44 bits per heavy atom. The lowest BCUT2D eigenvalue weighted by atomic mass is 10.2. The van der Waals surface area contributed by atoms with Crippen molar-refractivity contribution in [2.45, 2.75) is 25.5 Å². The van der Waals surface area contributed by atoms with Crippen molar-refractivity contribution in [3.63, 3.8) is 0 Å². The molecule has 0 fully saturated rings. The van der Waals surface area contributed by atoms with E-state index in [1.807, 2.05) is 0 Å². The zero-order valence-electron chi connectivity index (χ0n) is 9.33. The summed E-state index contributed by atoms with van der Waals surface area (Å²) in [7, 11) is 0. The summed E-state index contributed by atoms with van der Waals surface area (Å²) in [4.78, 5) is 0. The van der Waals surface area contributed by atoms with Gasteiger partial charge < -0.3 is 4.55 Å². The molecule has 1 rings (SSSR count). The third kappa shape index (κ3) is 3.47. The first-order chi connectivity index (χ1) is 7.32. The molecule has 0 bridgehead atoms. The van der Waals surface area contributed by atoms with Gasteiger partial charge in [0.2, 0.25) is 0 Å². The van der Waals surface area contributed by atoms with E-state index >= 15 is 0 Å². The first kappa shape index (κ1) is 13.5. The van der Waals surface area contributed by atoms with Crippen LogP contribution in [0, 0.1) is 5.82 Å². The van der Waals surface area contributed by atoms with E-state index in [0.717, 1.165) is 0 Å². The molecule has 1 atom stereocenters. The van der Waals surface area contributed by atoms with Gasteiger partial charge in [-0.25, -0.2) is 4.39 Å². The van der Waals surface area contributed by atoms with E-state index < -0.39 is 21.9 Å². The monoisotopic (exact) mass is 261 g/mol. The number of benzene rings is 1. The van der Waals surface area contributed by atoms with Gasteiger partial charge in [0.05, 0.1) is 16.8 Å². The predicted molar refractivity (Wildman–Crippen MR) is 66.9 cm³/mol. The van der Waals surface area contributed by atoms with E-state index in [9.17, 15) is 8.94 Å². The van der Waals surface area contributed by atoms with Crippen molar-refractivity contribution >= 4 is 29.2 Å². The molecule has 1 aromatic carbocycles. The molecule has 16 heavy (non-hydrogen) atoms. The minimum absolute atomic E-state index is 0.168. The highest BCUT2D eigenvalue weighted by Gasteiger charge is 2.26. The van der Waals surface area contributed by atoms with Crippen molar-refractivity contribution < 1.29 is 8.94 Å². The highest BCUT2D eigenvalue weighted by Crippen LogP contribution is 2.20. The molecule has 1 aromatic rings. The molecule has 0 aliphatic heterocycles. The van der Waals surface area contributed by atoms with Gasteiger partial charge in [-0.05, 0) is 32.9 Å². The first-order valence-electron chi connectivity index (χ1n) is 4.72. The standard InChI is InChI=1S/C11H13ClFNOS/c1-11(2,3)16(15)14-7-8-9(12)5-4-6-10(8)13/h4-7H,1-3H3/b14-7+/t16-/m0/s1. The molecule has 0 saturated heterocycles. The van der Waals surface area contributed by atoms with E-state index in [1.54, 1.807) is 26.8 Å². The highest BCUT2D eigenvalue weighted by atomic mass is 35.5. The van der Waals surface area contributed by atoms with Crippen LogP contribution in [0.1, 0.15) is 26.3 Å². The number of hydrogen-bond donors (Lipinski definition) is 0. The average Bonchev–Trinajstić information content (AvgIpc) is 2.15. The lowest BCUT2D eigenvalue weighted by Gasteiger charge is -2.17. The minimum atomic E-state index is -1.41. The van der Waals surface area contributed by atoms with Gasteiger partial charge in [0.1, 0.15) is 21.9 Å². The fourth-order valence-corrected chi connectivity index (χ4v) is 1.62. The van der Waals surface area contributed by atoms with Gasteiger partial charge in [-0.3, -0.25) is 0 Å². The van der Waals surface area contributed by atoms with Gasteiger partial charge >= 0.3 is 0 Å². The van der Waals surface area contributed by atoms with Gasteiger partial charge in [0, 0.05) is 0 Å². The maximum absolute atomic E-state index is 13.3. The molecular formula is C11H13ClFNOS. The number of nitrogens with zero attached hydrogens (tertiary/aromatic N) is 1. The maximum atomic E-state index is 13.3. The van der Waals surface area contributed by atoms with Crippen molar-refractivity contribution in [1.29, 1.82) is 0 Å². The Morgan fingerprint density at radius 3 is 2.56 bits per heavy atom. The second-order valence-electron chi connectivity index (χ2n) is 4.23. The molecule has 0 N–H and O–H groups in total. The van der Waals surface area contributed by atoms with Crippen molar-refractivity contribution in [2.75, 3.05) is 0 Å². The summed E-state index contributed by atoms with van der Waals surface area (Å²) in [5.74, 6) is -0.470. The Balaban J connectivity index is 2.93. The van der Waals surface area contributed by atoms with Crippen molar-refractivity contribution in [3.8, 4) is 0 Å². The Labute approximate surface area is 103 Å². The Bertz CT molecular complexity index is 383. The summed E-state index contributed by atoms with van der Waals surface area (Å²) in [5.41, 5.74) is 0.168. The second-order valence-corrected chi connectivity index (χ2v) is 6.57. The van der Waals surface area contributed by atoms with Crippen LogP contribution < -0.4 is 0 Å². The summed E-state index contributed by atoms with van der Waals surface area (Å²) in [6.45, 7) is 5.39. The minimum Gasteiger partial charge on any atom is -0.591 e. The average molecular weight is 262 g/mol. The summed E-state index contributed by atoms with van der Waals surface area (Å²) >= 11 is 4.39. The summed E-state index contributed by atoms with van der Waals surface area (Å²) in [6.07, 6.45) is 1.22. The van der Waals surface area contributed by atoms with Crippen LogP contribution in [0.3, 0.4) is 0 Å². The molecule has 0 radical (unpaired) electrons. The highest BCUT2D eigenvalue weighted by molar-refractivity contribution is 7.91. The van der Waals surface area contributed by atoms with E-state index in [2.05, 4.69) is 4.40 Å². The molecule has 0 aliphatic carbocycles. The summed E-state index contributed by atoms with van der Waals surface area (Å²) in [5, 5.41) is 0.259. The zero-order valence-corrected chi connectivity index (χ0v) is 10.9. The molecule has 0 aromatic heterocycles. The van der Waals surface area contributed by atoms with Crippen molar-refractivity contribution in [1.82, 2.24) is 0 Å². The van der Waals surface area contributed by atoms with Gasteiger partial charge in [-0.2, -0.15) is 0 Å². The molecule has 0 saturated carbocycles. The molecule has 0 heterocycles. The smallest absolute Gasteiger partial charge is 0.144 e. The predicted octanol–water partition coefficient (Wildman–Crippen LogP) is 3.36. The normalized spacial score (nSPS) is 14.4. The third-order valence-electron chi connectivity index (χ3n) is 1.80. The van der Waals surface area contributed by atoms with Crippen LogP contribution in [-0.2, 0) is 11.4 Å². The van der Waals surface area contributed by atoms with Crippen LogP contribution in [0.4, 0.5) is 4.39 Å². The Morgan fingerprint density at radius 2 is 2.06 bits per heavy atom. The summed E-state index contributed by atoms with van der Waals surface area (Å²) in [6, 6.07) is 4.36. The third-order valence-corrected chi connectivity index (χ3v) is 3.48. The van der Waals surface area contributed by atoms with E-state index in [-0.39, 0.29) is 10.6 Å². The SMILES string of the molecule is CC(C)(C)[S@+]([O-])/N=C/c1c(F)cccc1Cl. The second kappa shape index (κ2) is 5.17. The number of rotatable bonds is 2. The molecule has 5 heteroatoms. The largest absolute Gasteiger partial charge is 0.591 e. The van der Waals surface area contributed by atoms with Crippen LogP contribution >= 0.6 is 11.6 Å². The van der Waals surface area contributed by atoms with E-state index in [0.29, 0.717) is 0 Å². The number of hydrogen-bond acceptors (Lipinski definition) is 2. The van der Waals surface area contributed by atoms with Crippen LogP contribution in [-0.4, -0.2) is 15.5 Å². The Hall–Kier alpha value is -0.580. The van der Waals surface area contributed by atoms with Gasteiger partial charge in [0.15, 0.2) is 0 Å². The maximum Gasteiger partial charge on any atom is 0.144 e. The first-order valence-corrected chi connectivity index (χ1v) is 6.21. The summed E-state index contributed by atoms with van der Waals surface area (Å²) < 4.78 is 28.3. The van der Waals surface area contributed by atoms with Gasteiger partial charge in [0.25, 0.3) is 0 Å². The van der Waals surface area contributed by atoms with Gasteiger partial charge in [-0.1, -0.05) is 22.1 Å². The Kier molecular flexibility index (Phi) is 4.35. The molecule has 88 valence electrons. The zero-order chi connectivity index (χ0) is 12.3. The van der Waals surface area contributed by atoms with Gasteiger partial charge in [-0.15, -0.1) is 0 Å². The molecule has 0 amide bonds. The molecular weight excluding hydrogens is 249 g/mol. The van der Waals surface area contributed by atoms with E-state index in [1.165, 1.54) is 18.3 Å². The fourth-order valence-electron chi connectivity index (χ4n) is 0.893. The molecule has 0 aliphatic rings. The van der Waals surface area contributed by atoms with E-state index in [4.69, 9.17) is 11.6 Å². The van der Waals surface area contributed by atoms with Crippen LogP contribution in [0.5, 0.6) is 0 Å². The molecule has 2 nitrogen and oxygen atoms in total. The topological polar surface area (TPSA) is 35.4 Å². The lowest BCUT2D eigenvalue weighted by molar-refractivity contribution is 0.561.